The van der Waals surface area contributed by atoms with Gasteiger partial charge in [0.05, 0.1) is 0 Å². The molecule has 5 nitrogen and oxygen atoms in total. The summed E-state index contributed by atoms with van der Waals surface area (Å²) in [4.78, 5) is 23.8. The molecule has 0 heterocycles. The third kappa shape index (κ3) is 4.65. The number of Topliss-reactive ketones (excluding diaryl/α,β-unsaturated/α-hetero) is 2. The molecule has 0 N–H and O–H groups in total. The zero-order valence-corrected chi connectivity index (χ0v) is 13.1. The fraction of sp³-hybridized carbons (Fsp3) is 0.500. The van der Waals surface area contributed by atoms with Gasteiger partial charge in [-0.25, -0.2) is 0 Å². The Hall–Kier alpha value is -1.72. The van der Waals surface area contributed by atoms with Crippen molar-refractivity contribution < 1.29 is 23.8 Å². The molecule has 0 aliphatic carbocycles. The molecule has 0 fully saturated rings. The lowest BCUT2D eigenvalue weighted by atomic mass is 9.94. The molecule has 0 saturated heterocycles. The molecule has 0 aliphatic rings. The van der Waals surface area contributed by atoms with Gasteiger partial charge in [-0.05, 0) is 25.1 Å². The zero-order chi connectivity index (χ0) is 16.0. The molecule has 0 amide bonds. The normalized spacial score (nSPS) is 11.0. The number of carbonyl (C=O) groups excluding carboxylic acids is 2. The average Bonchev–Trinajstić information content (AvgIpc) is 2.47. The van der Waals surface area contributed by atoms with Crippen LogP contribution in [0.5, 0.6) is 5.75 Å². The molecule has 116 valence electrons. The molecule has 1 aromatic rings. The van der Waals surface area contributed by atoms with Gasteiger partial charge in [-0.15, -0.1) is 0 Å². The van der Waals surface area contributed by atoms with E-state index in [4.69, 9.17) is 14.2 Å². The molecule has 0 bridgehead atoms. The summed E-state index contributed by atoms with van der Waals surface area (Å²) < 4.78 is 15.6. The van der Waals surface area contributed by atoms with Crippen molar-refractivity contribution in [3.63, 3.8) is 0 Å². The molecule has 0 unspecified atom stereocenters. The average molecular weight is 294 g/mol. The first-order chi connectivity index (χ1) is 9.90. The van der Waals surface area contributed by atoms with Crippen LogP contribution < -0.4 is 4.74 Å². The highest BCUT2D eigenvalue weighted by atomic mass is 16.7. The number of rotatable bonds is 8. The van der Waals surface area contributed by atoms with E-state index in [0.29, 0.717) is 16.9 Å². The Bertz CT molecular complexity index is 503. The van der Waals surface area contributed by atoms with Gasteiger partial charge >= 0.3 is 0 Å². The fourth-order valence-corrected chi connectivity index (χ4v) is 1.83. The maximum absolute atomic E-state index is 12.1. The Morgan fingerprint density at radius 3 is 2.19 bits per heavy atom. The van der Waals surface area contributed by atoms with E-state index >= 15 is 0 Å². The predicted octanol–water partition coefficient (Wildman–Crippen LogP) is 2.73. The van der Waals surface area contributed by atoms with Gasteiger partial charge in [-0.3, -0.25) is 9.59 Å². The van der Waals surface area contributed by atoms with Gasteiger partial charge in [0.15, 0.2) is 17.9 Å². The van der Waals surface area contributed by atoms with Crippen LogP contribution in [0.1, 0.15) is 41.5 Å². The predicted molar refractivity (Wildman–Crippen MR) is 78.9 cm³/mol. The minimum Gasteiger partial charge on any atom is -0.488 e. The number of ether oxygens (including phenoxy) is 3. The summed E-state index contributed by atoms with van der Waals surface area (Å²) in [6.45, 7) is 5.24. The molecular weight excluding hydrogens is 272 g/mol. The number of hydrogen-bond donors (Lipinski definition) is 0. The Balaban J connectivity index is 2.98. The lowest BCUT2D eigenvalue weighted by molar-refractivity contribution is -0.121. The van der Waals surface area contributed by atoms with E-state index in [2.05, 4.69) is 0 Å². The number of benzene rings is 1. The van der Waals surface area contributed by atoms with Crippen LogP contribution in [0.15, 0.2) is 18.2 Å². The van der Waals surface area contributed by atoms with Crippen molar-refractivity contribution in [1.82, 2.24) is 0 Å². The van der Waals surface area contributed by atoms with E-state index in [1.807, 2.05) is 0 Å². The highest BCUT2D eigenvalue weighted by Gasteiger charge is 2.18. The van der Waals surface area contributed by atoms with Crippen molar-refractivity contribution in [2.75, 3.05) is 20.8 Å². The maximum Gasteiger partial charge on any atom is 0.191 e. The summed E-state index contributed by atoms with van der Waals surface area (Å²) in [5.74, 6) is 0.110. The molecule has 1 aromatic carbocycles. The summed E-state index contributed by atoms with van der Waals surface area (Å²) in [7, 11) is 3.03. The van der Waals surface area contributed by atoms with Crippen LogP contribution in [0.2, 0.25) is 0 Å². The first-order valence-corrected chi connectivity index (χ1v) is 6.78. The van der Waals surface area contributed by atoms with E-state index in [0.717, 1.165) is 0 Å². The minimum absolute atomic E-state index is 0.0570. The highest BCUT2D eigenvalue weighted by molar-refractivity contribution is 6.08. The van der Waals surface area contributed by atoms with Crippen LogP contribution in [0.4, 0.5) is 0 Å². The Kier molecular flexibility index (Phi) is 6.52. The second-order valence-corrected chi connectivity index (χ2v) is 4.99. The lowest BCUT2D eigenvalue weighted by Gasteiger charge is -2.16. The van der Waals surface area contributed by atoms with Gasteiger partial charge in [-0.1, -0.05) is 13.8 Å². The standard InChI is InChI=1S/C16H22O5/c1-10(2)16(18)13-7-6-12(8-14(13)11(3)17)21-9-15(19-4)20-5/h6-8,10,15H,9H2,1-5H3. The van der Waals surface area contributed by atoms with Crippen molar-refractivity contribution in [1.29, 1.82) is 0 Å². The summed E-state index contributed by atoms with van der Waals surface area (Å²) in [6.07, 6.45) is -0.484. The van der Waals surface area contributed by atoms with Crippen molar-refractivity contribution in [2.45, 2.75) is 27.1 Å². The van der Waals surface area contributed by atoms with E-state index in [1.54, 1.807) is 32.0 Å². The maximum atomic E-state index is 12.1. The molecule has 21 heavy (non-hydrogen) atoms. The van der Waals surface area contributed by atoms with E-state index in [9.17, 15) is 9.59 Å². The smallest absolute Gasteiger partial charge is 0.191 e. The summed E-state index contributed by atoms with van der Waals surface area (Å²) in [5, 5.41) is 0. The quantitative estimate of drug-likeness (QED) is 0.545. The first kappa shape index (κ1) is 17.3. The van der Waals surface area contributed by atoms with Crippen LogP contribution >= 0.6 is 0 Å². The van der Waals surface area contributed by atoms with E-state index < -0.39 is 6.29 Å². The lowest BCUT2D eigenvalue weighted by Crippen LogP contribution is -2.22. The summed E-state index contributed by atoms with van der Waals surface area (Å²) in [5.41, 5.74) is 0.803. The summed E-state index contributed by atoms with van der Waals surface area (Å²) in [6, 6.07) is 4.88. The molecule has 0 aliphatic heterocycles. The molecule has 0 saturated carbocycles. The van der Waals surface area contributed by atoms with E-state index in [1.165, 1.54) is 21.1 Å². The highest BCUT2D eigenvalue weighted by Crippen LogP contribution is 2.21. The van der Waals surface area contributed by atoms with Gasteiger partial charge < -0.3 is 14.2 Å². The third-order valence-corrected chi connectivity index (χ3v) is 3.07. The second-order valence-electron chi connectivity index (χ2n) is 4.99. The van der Waals surface area contributed by atoms with Crippen LogP contribution in [0, 0.1) is 5.92 Å². The Labute approximate surface area is 125 Å². The molecule has 0 atom stereocenters. The molecule has 1 rings (SSSR count). The number of hydrogen-bond acceptors (Lipinski definition) is 5. The molecule has 5 heteroatoms. The topological polar surface area (TPSA) is 61.8 Å². The minimum atomic E-state index is -0.484. The number of carbonyl (C=O) groups is 2. The van der Waals surface area contributed by atoms with Crippen molar-refractivity contribution >= 4 is 11.6 Å². The monoisotopic (exact) mass is 294 g/mol. The molecular formula is C16H22O5. The Morgan fingerprint density at radius 2 is 1.71 bits per heavy atom. The summed E-state index contributed by atoms with van der Waals surface area (Å²) >= 11 is 0. The zero-order valence-electron chi connectivity index (χ0n) is 13.1. The van der Waals surface area contributed by atoms with Gasteiger partial charge in [0, 0.05) is 31.3 Å². The van der Waals surface area contributed by atoms with Gasteiger partial charge in [-0.2, -0.15) is 0 Å². The van der Waals surface area contributed by atoms with Gasteiger partial charge in [0.2, 0.25) is 0 Å². The van der Waals surface area contributed by atoms with Crippen molar-refractivity contribution in [3.05, 3.63) is 29.3 Å². The van der Waals surface area contributed by atoms with Gasteiger partial charge in [0.1, 0.15) is 12.4 Å². The van der Waals surface area contributed by atoms with Crippen LogP contribution in [0.3, 0.4) is 0 Å². The van der Waals surface area contributed by atoms with E-state index in [-0.39, 0.29) is 24.1 Å². The van der Waals surface area contributed by atoms with Crippen LogP contribution in [0.25, 0.3) is 0 Å². The first-order valence-electron chi connectivity index (χ1n) is 6.78. The fourth-order valence-electron chi connectivity index (χ4n) is 1.83. The number of methoxy groups -OCH3 is 2. The van der Waals surface area contributed by atoms with Crippen LogP contribution in [-0.4, -0.2) is 38.7 Å². The second kappa shape index (κ2) is 7.90. The van der Waals surface area contributed by atoms with Gasteiger partial charge in [0.25, 0.3) is 0 Å². The molecule has 0 spiro atoms. The van der Waals surface area contributed by atoms with Crippen molar-refractivity contribution in [3.8, 4) is 5.75 Å². The Morgan fingerprint density at radius 1 is 1.10 bits per heavy atom. The number of ketones is 2. The SMILES string of the molecule is COC(COc1ccc(C(=O)C(C)C)c(C(C)=O)c1)OC. The van der Waals surface area contributed by atoms with Crippen molar-refractivity contribution in [2.24, 2.45) is 5.92 Å². The molecule has 0 aromatic heterocycles. The van der Waals surface area contributed by atoms with Crippen LogP contribution in [-0.2, 0) is 9.47 Å². The third-order valence-electron chi connectivity index (χ3n) is 3.07. The molecule has 0 radical (unpaired) electrons. The largest absolute Gasteiger partial charge is 0.488 e.